The van der Waals surface area contributed by atoms with E-state index in [9.17, 15) is 5.11 Å². The summed E-state index contributed by atoms with van der Waals surface area (Å²) in [5.74, 6) is 0.324. The van der Waals surface area contributed by atoms with E-state index in [1.54, 1.807) is 12.3 Å². The highest BCUT2D eigenvalue weighted by Crippen LogP contribution is 2.25. The minimum Gasteiger partial charge on any atom is -0.481 e. The number of ether oxygens (including phenoxy) is 1. The summed E-state index contributed by atoms with van der Waals surface area (Å²) in [6.45, 7) is -0.353. The Labute approximate surface area is 84.3 Å². The number of hydrogen-bond acceptors (Lipinski definition) is 4. The molecule has 1 aromatic rings. The van der Waals surface area contributed by atoms with E-state index in [0.717, 1.165) is 4.47 Å². The maximum atomic E-state index is 9.37. The summed E-state index contributed by atoms with van der Waals surface area (Å²) in [6, 6.07) is 1.66. The van der Waals surface area contributed by atoms with Gasteiger partial charge in [-0.15, -0.1) is 0 Å². The Balaban J connectivity index is 3.07. The van der Waals surface area contributed by atoms with Crippen molar-refractivity contribution in [1.82, 2.24) is 4.98 Å². The number of aliphatic hydroxyl groups is 2. The van der Waals surface area contributed by atoms with Crippen LogP contribution in [0.15, 0.2) is 16.7 Å². The highest BCUT2D eigenvalue weighted by Gasteiger charge is 2.13. The molecule has 72 valence electrons. The molecule has 13 heavy (non-hydrogen) atoms. The first kappa shape index (κ1) is 10.4. The van der Waals surface area contributed by atoms with Gasteiger partial charge in [0.05, 0.1) is 13.7 Å². The highest BCUT2D eigenvalue weighted by atomic mass is 79.9. The first-order chi connectivity index (χ1) is 6.19. The molecule has 0 bridgehead atoms. The van der Waals surface area contributed by atoms with Crippen molar-refractivity contribution >= 4 is 15.9 Å². The van der Waals surface area contributed by atoms with E-state index in [1.165, 1.54) is 7.11 Å². The van der Waals surface area contributed by atoms with E-state index in [1.807, 2.05) is 0 Å². The molecule has 1 rings (SSSR count). The summed E-state index contributed by atoms with van der Waals surface area (Å²) in [6.07, 6.45) is 0.604. The van der Waals surface area contributed by atoms with E-state index < -0.39 is 6.10 Å². The van der Waals surface area contributed by atoms with Gasteiger partial charge in [-0.2, -0.15) is 0 Å². The second kappa shape index (κ2) is 4.55. The van der Waals surface area contributed by atoms with E-state index in [4.69, 9.17) is 9.84 Å². The smallest absolute Gasteiger partial charge is 0.219 e. The third-order valence-corrected chi connectivity index (χ3v) is 2.00. The standard InChI is InChI=1S/C8H10BrNO3/c1-13-8-6(7(12)4-11)2-5(9)3-10-8/h2-3,7,11-12H,4H2,1H3. The lowest BCUT2D eigenvalue weighted by atomic mass is 10.1. The SMILES string of the molecule is COc1ncc(Br)cc1C(O)CO. The molecule has 0 aromatic carbocycles. The summed E-state index contributed by atoms with van der Waals surface area (Å²) in [5, 5.41) is 18.1. The molecule has 4 nitrogen and oxygen atoms in total. The van der Waals surface area contributed by atoms with Crippen molar-refractivity contribution in [3.8, 4) is 5.88 Å². The maximum absolute atomic E-state index is 9.37. The van der Waals surface area contributed by atoms with Gasteiger partial charge in [0.25, 0.3) is 0 Å². The van der Waals surface area contributed by atoms with Crippen molar-refractivity contribution in [2.45, 2.75) is 6.10 Å². The number of methoxy groups -OCH3 is 1. The van der Waals surface area contributed by atoms with Crippen LogP contribution in [0.3, 0.4) is 0 Å². The molecule has 0 spiro atoms. The van der Waals surface area contributed by atoms with E-state index in [2.05, 4.69) is 20.9 Å². The van der Waals surface area contributed by atoms with Crippen LogP contribution in [0.2, 0.25) is 0 Å². The van der Waals surface area contributed by atoms with Gasteiger partial charge in [-0.3, -0.25) is 0 Å². The molecule has 2 N–H and O–H groups in total. The second-order valence-corrected chi connectivity index (χ2v) is 3.37. The van der Waals surface area contributed by atoms with Gasteiger partial charge in [-0.1, -0.05) is 0 Å². The van der Waals surface area contributed by atoms with Crippen molar-refractivity contribution in [3.63, 3.8) is 0 Å². The summed E-state index contributed by atoms with van der Waals surface area (Å²) < 4.78 is 5.65. The number of hydrogen-bond donors (Lipinski definition) is 2. The Morgan fingerprint density at radius 1 is 1.69 bits per heavy atom. The van der Waals surface area contributed by atoms with Gasteiger partial charge in [-0.05, 0) is 22.0 Å². The van der Waals surface area contributed by atoms with Gasteiger partial charge in [0.15, 0.2) is 0 Å². The van der Waals surface area contributed by atoms with Gasteiger partial charge in [-0.25, -0.2) is 4.98 Å². The van der Waals surface area contributed by atoms with Gasteiger partial charge < -0.3 is 14.9 Å². The van der Waals surface area contributed by atoms with Crippen molar-refractivity contribution in [1.29, 1.82) is 0 Å². The largest absolute Gasteiger partial charge is 0.481 e. The lowest BCUT2D eigenvalue weighted by Crippen LogP contribution is -2.05. The van der Waals surface area contributed by atoms with Crippen LogP contribution in [0.4, 0.5) is 0 Å². The number of aliphatic hydroxyl groups excluding tert-OH is 2. The molecule has 0 fully saturated rings. The lowest BCUT2D eigenvalue weighted by Gasteiger charge is -2.11. The van der Waals surface area contributed by atoms with Gasteiger partial charge in [0, 0.05) is 16.2 Å². The molecule has 0 aliphatic carbocycles. The summed E-state index contributed by atoms with van der Waals surface area (Å²) in [5.41, 5.74) is 0.472. The summed E-state index contributed by atoms with van der Waals surface area (Å²) in [4.78, 5) is 3.93. The van der Waals surface area contributed by atoms with Gasteiger partial charge in [0.2, 0.25) is 5.88 Å². The Morgan fingerprint density at radius 3 is 2.92 bits per heavy atom. The fourth-order valence-corrected chi connectivity index (χ4v) is 1.30. The molecule has 1 atom stereocenters. The molecule has 5 heteroatoms. The predicted octanol–water partition coefficient (Wildman–Crippen LogP) is 0.878. The average Bonchev–Trinajstić information content (AvgIpc) is 2.16. The molecule has 0 saturated carbocycles. The van der Waals surface area contributed by atoms with Crippen LogP contribution in [0.1, 0.15) is 11.7 Å². The molecule has 1 heterocycles. The number of rotatable bonds is 3. The summed E-state index contributed by atoms with van der Waals surface area (Å²) >= 11 is 3.21. The maximum Gasteiger partial charge on any atom is 0.219 e. The minimum absolute atomic E-state index is 0.324. The fraction of sp³-hybridized carbons (Fsp3) is 0.375. The highest BCUT2D eigenvalue weighted by molar-refractivity contribution is 9.10. The second-order valence-electron chi connectivity index (χ2n) is 2.45. The predicted molar refractivity (Wildman–Crippen MR) is 50.5 cm³/mol. The molecule has 0 amide bonds. The Hall–Kier alpha value is -0.650. The van der Waals surface area contributed by atoms with Crippen molar-refractivity contribution in [2.24, 2.45) is 0 Å². The van der Waals surface area contributed by atoms with E-state index >= 15 is 0 Å². The average molecular weight is 248 g/mol. The zero-order chi connectivity index (χ0) is 9.84. The molecular formula is C8H10BrNO3. The van der Waals surface area contributed by atoms with Crippen LogP contribution < -0.4 is 4.74 Å². The minimum atomic E-state index is -0.958. The molecular weight excluding hydrogens is 238 g/mol. The van der Waals surface area contributed by atoms with Crippen LogP contribution in [-0.2, 0) is 0 Å². The first-order valence-corrected chi connectivity index (χ1v) is 4.46. The van der Waals surface area contributed by atoms with Crippen LogP contribution in [-0.4, -0.2) is 28.9 Å². The van der Waals surface area contributed by atoms with Crippen molar-refractivity contribution in [3.05, 3.63) is 22.3 Å². The number of nitrogens with zero attached hydrogens (tertiary/aromatic N) is 1. The molecule has 0 saturated heterocycles. The lowest BCUT2D eigenvalue weighted by molar-refractivity contribution is 0.0927. The Kier molecular flexibility index (Phi) is 3.65. The van der Waals surface area contributed by atoms with Crippen LogP contribution >= 0.6 is 15.9 Å². The zero-order valence-corrected chi connectivity index (χ0v) is 8.65. The third kappa shape index (κ3) is 2.40. The molecule has 0 aliphatic rings. The Bertz CT molecular complexity index is 293. The first-order valence-electron chi connectivity index (χ1n) is 3.67. The third-order valence-electron chi connectivity index (χ3n) is 1.57. The Morgan fingerprint density at radius 2 is 2.38 bits per heavy atom. The fourth-order valence-electron chi connectivity index (χ4n) is 0.950. The molecule has 1 unspecified atom stereocenters. The molecule has 0 radical (unpaired) electrons. The van der Waals surface area contributed by atoms with Crippen LogP contribution in [0.5, 0.6) is 5.88 Å². The van der Waals surface area contributed by atoms with Crippen molar-refractivity contribution in [2.75, 3.05) is 13.7 Å². The van der Waals surface area contributed by atoms with Gasteiger partial charge >= 0.3 is 0 Å². The molecule has 1 aromatic heterocycles. The summed E-state index contributed by atoms with van der Waals surface area (Å²) in [7, 11) is 1.46. The monoisotopic (exact) mass is 247 g/mol. The van der Waals surface area contributed by atoms with Crippen molar-refractivity contribution < 1.29 is 14.9 Å². The number of pyridine rings is 1. The normalized spacial score (nSPS) is 12.6. The molecule has 0 aliphatic heterocycles. The number of halogens is 1. The van der Waals surface area contributed by atoms with E-state index in [0.29, 0.717) is 11.4 Å². The number of aromatic nitrogens is 1. The van der Waals surface area contributed by atoms with E-state index in [-0.39, 0.29) is 6.61 Å². The zero-order valence-electron chi connectivity index (χ0n) is 7.07. The quantitative estimate of drug-likeness (QED) is 0.833. The van der Waals surface area contributed by atoms with Gasteiger partial charge in [0.1, 0.15) is 6.10 Å². The topological polar surface area (TPSA) is 62.6 Å². The van der Waals surface area contributed by atoms with Crippen LogP contribution in [0, 0.1) is 0 Å². The van der Waals surface area contributed by atoms with Crippen LogP contribution in [0.25, 0.3) is 0 Å².